The number of amides is 1. The van der Waals surface area contributed by atoms with Gasteiger partial charge in [-0.2, -0.15) is 0 Å². The van der Waals surface area contributed by atoms with Gasteiger partial charge in [-0.3, -0.25) is 9.10 Å². The van der Waals surface area contributed by atoms with Gasteiger partial charge in [0.25, 0.3) is 5.91 Å². The van der Waals surface area contributed by atoms with Crippen molar-refractivity contribution < 1.29 is 13.2 Å². The van der Waals surface area contributed by atoms with Crippen LogP contribution in [0.5, 0.6) is 0 Å². The summed E-state index contributed by atoms with van der Waals surface area (Å²) in [7, 11) is -3.45. The summed E-state index contributed by atoms with van der Waals surface area (Å²) < 4.78 is 26.8. The summed E-state index contributed by atoms with van der Waals surface area (Å²) in [6.07, 6.45) is 5.72. The molecule has 1 atom stereocenters. The van der Waals surface area contributed by atoms with E-state index in [2.05, 4.69) is 35.1 Å². The number of halogens is 1. The van der Waals surface area contributed by atoms with Crippen molar-refractivity contribution in [3.8, 4) is 0 Å². The molecule has 2 rings (SSSR count). The van der Waals surface area contributed by atoms with E-state index >= 15 is 0 Å². The summed E-state index contributed by atoms with van der Waals surface area (Å²) in [5.74, 6) is 0.409. The molecule has 0 aliphatic rings. The molecule has 2 aromatic rings. The van der Waals surface area contributed by atoms with Crippen molar-refractivity contribution in [3.63, 3.8) is 0 Å². The summed E-state index contributed by atoms with van der Waals surface area (Å²) in [6, 6.07) is 14.3. The number of carbonyl (C=O) groups is 1. The van der Waals surface area contributed by atoms with Crippen LogP contribution in [0.4, 0.5) is 5.69 Å². The van der Waals surface area contributed by atoms with Crippen LogP contribution in [-0.2, 0) is 16.6 Å². The molecule has 0 aromatic heterocycles. The summed E-state index contributed by atoms with van der Waals surface area (Å²) in [5, 5.41) is 3.02. The van der Waals surface area contributed by atoms with Gasteiger partial charge >= 0.3 is 0 Å². The third-order valence-corrected chi connectivity index (χ3v) is 6.82. The molecule has 0 unspecified atom stereocenters. The zero-order valence-corrected chi connectivity index (χ0v) is 20.3. The summed E-state index contributed by atoms with van der Waals surface area (Å²) in [5.41, 5.74) is 1.99. The maximum Gasteiger partial charge on any atom is 0.251 e. The van der Waals surface area contributed by atoms with E-state index in [1.807, 2.05) is 12.1 Å². The average molecular weight is 495 g/mol. The highest BCUT2D eigenvalue weighted by molar-refractivity contribution is 9.10. The Morgan fingerprint density at radius 2 is 1.70 bits per heavy atom. The predicted molar refractivity (Wildman–Crippen MR) is 127 cm³/mol. The van der Waals surface area contributed by atoms with Crippen molar-refractivity contribution in [2.24, 2.45) is 5.92 Å². The third kappa shape index (κ3) is 7.43. The normalized spacial score (nSPS) is 12.4. The highest BCUT2D eigenvalue weighted by Crippen LogP contribution is 2.23. The molecule has 7 heteroatoms. The number of carbonyl (C=O) groups excluding carboxylic acids is 1. The molecule has 1 N–H and O–H groups in total. The Labute approximate surface area is 189 Å². The molecule has 0 fully saturated rings. The SMILES string of the molecule is CCCC[C@H](CC)CNC(=O)c1ccc(CN(c2ccc(Br)cc2)S(C)(=O)=O)cc1. The summed E-state index contributed by atoms with van der Waals surface area (Å²) in [4.78, 5) is 12.5. The second-order valence-electron chi connectivity index (χ2n) is 7.57. The number of benzene rings is 2. The average Bonchev–Trinajstić information content (AvgIpc) is 2.72. The van der Waals surface area contributed by atoms with E-state index < -0.39 is 10.0 Å². The molecule has 30 heavy (non-hydrogen) atoms. The lowest BCUT2D eigenvalue weighted by atomic mass is 9.99. The first kappa shape index (κ1) is 24.4. The lowest BCUT2D eigenvalue weighted by Crippen LogP contribution is -2.30. The maximum atomic E-state index is 12.5. The smallest absolute Gasteiger partial charge is 0.251 e. The van der Waals surface area contributed by atoms with Gasteiger partial charge in [0.05, 0.1) is 18.5 Å². The molecule has 0 saturated carbocycles. The monoisotopic (exact) mass is 494 g/mol. The number of anilines is 1. The third-order valence-electron chi connectivity index (χ3n) is 5.15. The lowest BCUT2D eigenvalue weighted by molar-refractivity contribution is 0.0946. The van der Waals surface area contributed by atoms with E-state index in [1.165, 1.54) is 17.0 Å². The maximum absolute atomic E-state index is 12.5. The van der Waals surface area contributed by atoms with Gasteiger partial charge in [-0.05, 0) is 54.3 Å². The van der Waals surface area contributed by atoms with E-state index in [-0.39, 0.29) is 12.5 Å². The molecule has 0 bridgehead atoms. The molecule has 0 radical (unpaired) electrons. The molecular formula is C23H31BrN2O3S. The zero-order valence-electron chi connectivity index (χ0n) is 17.9. The van der Waals surface area contributed by atoms with Crippen LogP contribution in [0, 0.1) is 5.92 Å². The van der Waals surface area contributed by atoms with Gasteiger partial charge in [0.2, 0.25) is 10.0 Å². The molecule has 1 amide bonds. The van der Waals surface area contributed by atoms with Crippen LogP contribution in [0.15, 0.2) is 53.0 Å². The quantitative estimate of drug-likeness (QED) is 0.456. The van der Waals surface area contributed by atoms with Crippen LogP contribution >= 0.6 is 15.9 Å². The molecular weight excluding hydrogens is 464 g/mol. The van der Waals surface area contributed by atoms with E-state index in [0.29, 0.717) is 23.7 Å². The lowest BCUT2D eigenvalue weighted by Gasteiger charge is -2.22. The molecule has 0 spiro atoms. The van der Waals surface area contributed by atoms with E-state index in [4.69, 9.17) is 0 Å². The Hall–Kier alpha value is -1.86. The van der Waals surface area contributed by atoms with Gasteiger partial charge < -0.3 is 5.32 Å². The minimum Gasteiger partial charge on any atom is -0.352 e. The van der Waals surface area contributed by atoms with Gasteiger partial charge in [-0.1, -0.05) is 61.2 Å². The van der Waals surface area contributed by atoms with Crippen molar-refractivity contribution in [2.45, 2.75) is 46.1 Å². The molecule has 0 heterocycles. The Kier molecular flexibility index (Phi) is 9.37. The van der Waals surface area contributed by atoms with Gasteiger partial charge in [0.1, 0.15) is 0 Å². The largest absolute Gasteiger partial charge is 0.352 e. The number of hydrogen-bond donors (Lipinski definition) is 1. The van der Waals surface area contributed by atoms with Crippen molar-refractivity contribution in [2.75, 3.05) is 17.1 Å². The predicted octanol–water partition coefficient (Wildman–Crippen LogP) is 5.36. The van der Waals surface area contributed by atoms with Crippen LogP contribution in [0.3, 0.4) is 0 Å². The molecule has 2 aromatic carbocycles. The topological polar surface area (TPSA) is 66.5 Å². The second kappa shape index (κ2) is 11.5. The summed E-state index contributed by atoms with van der Waals surface area (Å²) in [6.45, 7) is 5.22. The summed E-state index contributed by atoms with van der Waals surface area (Å²) >= 11 is 3.37. The number of rotatable bonds is 11. The van der Waals surface area contributed by atoms with Gasteiger partial charge in [-0.25, -0.2) is 8.42 Å². The van der Waals surface area contributed by atoms with Crippen molar-refractivity contribution in [1.82, 2.24) is 5.32 Å². The van der Waals surface area contributed by atoms with Crippen LogP contribution in [0.1, 0.15) is 55.5 Å². The Balaban J connectivity index is 2.04. The van der Waals surface area contributed by atoms with Crippen LogP contribution < -0.4 is 9.62 Å². The highest BCUT2D eigenvalue weighted by Gasteiger charge is 2.18. The zero-order chi connectivity index (χ0) is 22.1. The molecule has 0 saturated heterocycles. The van der Waals surface area contributed by atoms with E-state index in [0.717, 1.165) is 29.3 Å². The second-order valence-corrected chi connectivity index (χ2v) is 10.4. The minimum atomic E-state index is -3.45. The first-order valence-corrected chi connectivity index (χ1v) is 13.0. The standard InChI is InChI=1S/C23H31BrN2O3S/c1-4-6-7-18(5-2)16-25-23(27)20-10-8-19(9-11-20)17-26(30(3,28)29)22-14-12-21(24)13-15-22/h8-15,18H,4-7,16-17H2,1-3H3,(H,25,27)/t18-/m0/s1. The van der Waals surface area contributed by atoms with Crippen LogP contribution in [-0.4, -0.2) is 27.1 Å². The van der Waals surface area contributed by atoms with Crippen LogP contribution in [0.25, 0.3) is 0 Å². The highest BCUT2D eigenvalue weighted by atomic mass is 79.9. The molecule has 0 aliphatic carbocycles. The number of nitrogens with zero attached hydrogens (tertiary/aromatic N) is 1. The fourth-order valence-corrected chi connectivity index (χ4v) is 4.37. The first-order chi connectivity index (χ1) is 14.2. The first-order valence-electron chi connectivity index (χ1n) is 10.3. The van der Waals surface area contributed by atoms with E-state index in [1.54, 1.807) is 36.4 Å². The van der Waals surface area contributed by atoms with Crippen molar-refractivity contribution in [3.05, 3.63) is 64.1 Å². The van der Waals surface area contributed by atoms with Crippen molar-refractivity contribution >= 4 is 37.5 Å². The fraction of sp³-hybridized carbons (Fsp3) is 0.435. The van der Waals surface area contributed by atoms with Gasteiger partial charge in [0.15, 0.2) is 0 Å². The number of sulfonamides is 1. The van der Waals surface area contributed by atoms with Crippen LogP contribution in [0.2, 0.25) is 0 Å². The molecule has 0 aliphatic heterocycles. The number of hydrogen-bond acceptors (Lipinski definition) is 3. The van der Waals surface area contributed by atoms with Gasteiger partial charge in [-0.15, -0.1) is 0 Å². The fourth-order valence-electron chi connectivity index (χ4n) is 3.22. The minimum absolute atomic E-state index is 0.0932. The molecule has 5 nitrogen and oxygen atoms in total. The Bertz CT molecular complexity index is 912. The van der Waals surface area contributed by atoms with E-state index in [9.17, 15) is 13.2 Å². The molecule has 164 valence electrons. The Morgan fingerprint density at radius 1 is 1.07 bits per heavy atom. The van der Waals surface area contributed by atoms with Crippen molar-refractivity contribution in [1.29, 1.82) is 0 Å². The number of nitrogens with one attached hydrogen (secondary N) is 1. The Morgan fingerprint density at radius 3 is 2.23 bits per heavy atom. The number of unbranched alkanes of at least 4 members (excludes halogenated alkanes) is 1. The van der Waals surface area contributed by atoms with Gasteiger partial charge in [0, 0.05) is 16.6 Å².